The minimum absolute atomic E-state index is 0.243. The Morgan fingerprint density at radius 1 is 1.18 bits per heavy atom. The fraction of sp³-hybridized carbons (Fsp3) is 0.647. The van der Waals surface area contributed by atoms with E-state index in [1.807, 2.05) is 0 Å². The molecule has 1 aromatic carbocycles. The van der Waals surface area contributed by atoms with Crippen LogP contribution >= 0.6 is 0 Å². The highest BCUT2D eigenvalue weighted by Crippen LogP contribution is 2.44. The molecule has 122 valence electrons. The van der Waals surface area contributed by atoms with E-state index in [0.717, 1.165) is 30.2 Å². The first-order valence-electron chi connectivity index (χ1n) is 8.13. The van der Waals surface area contributed by atoms with Crippen molar-refractivity contribution in [2.24, 2.45) is 11.8 Å². The topological polar surface area (TPSA) is 46.2 Å². The van der Waals surface area contributed by atoms with Gasteiger partial charge >= 0.3 is 0 Å². The molecule has 0 saturated heterocycles. The predicted octanol–water partition coefficient (Wildman–Crippen LogP) is 3.75. The molecule has 0 amide bonds. The first-order valence-corrected chi connectivity index (χ1v) is 10.2. The fourth-order valence-corrected chi connectivity index (χ4v) is 4.43. The predicted molar refractivity (Wildman–Crippen MR) is 87.0 cm³/mol. The average molecular weight is 325 g/mol. The average Bonchev–Trinajstić information content (AvgIpc) is 3.25. The van der Waals surface area contributed by atoms with E-state index in [0.29, 0.717) is 6.04 Å². The smallest absolute Gasteiger partial charge is 0.151 e. The minimum Gasteiger partial charge on any atom is -0.382 e. The quantitative estimate of drug-likeness (QED) is 0.897. The zero-order chi connectivity index (χ0) is 15.7. The summed E-state index contributed by atoms with van der Waals surface area (Å²) in [5, 5.41) is 3.43. The second-order valence-electron chi connectivity index (χ2n) is 6.98. The largest absolute Gasteiger partial charge is 0.382 e. The highest BCUT2D eigenvalue weighted by Gasteiger charge is 2.34. The molecule has 0 spiro atoms. The van der Waals surface area contributed by atoms with Gasteiger partial charge in [0.2, 0.25) is 0 Å². The molecule has 0 bridgehead atoms. The molecule has 0 unspecified atom stereocenters. The zero-order valence-corrected chi connectivity index (χ0v) is 13.8. The summed E-state index contributed by atoms with van der Waals surface area (Å²) in [6.45, 7) is 0. The van der Waals surface area contributed by atoms with E-state index in [4.69, 9.17) is 0 Å². The third-order valence-electron chi connectivity index (χ3n) is 4.84. The lowest BCUT2D eigenvalue weighted by molar-refractivity contribution is 0.303. The normalized spacial score (nSPS) is 25.9. The third kappa shape index (κ3) is 4.22. The van der Waals surface area contributed by atoms with Gasteiger partial charge in [0, 0.05) is 23.5 Å². The molecule has 22 heavy (non-hydrogen) atoms. The number of sulfone groups is 1. The molecule has 2 fully saturated rings. The number of nitrogens with one attached hydrogen (secondary N) is 1. The Morgan fingerprint density at radius 2 is 1.95 bits per heavy atom. The van der Waals surface area contributed by atoms with Gasteiger partial charge in [-0.3, -0.25) is 0 Å². The molecule has 0 aliphatic heterocycles. The van der Waals surface area contributed by atoms with Crippen molar-refractivity contribution in [3.8, 4) is 0 Å². The van der Waals surface area contributed by atoms with Gasteiger partial charge in [-0.15, -0.1) is 0 Å². The highest BCUT2D eigenvalue weighted by molar-refractivity contribution is 7.89. The van der Waals surface area contributed by atoms with Crippen molar-refractivity contribution < 1.29 is 12.8 Å². The van der Waals surface area contributed by atoms with Crippen LogP contribution in [0, 0.1) is 17.7 Å². The van der Waals surface area contributed by atoms with Gasteiger partial charge in [0.15, 0.2) is 9.84 Å². The van der Waals surface area contributed by atoms with Crippen LogP contribution in [0.4, 0.5) is 10.1 Å². The van der Waals surface area contributed by atoms with Crippen molar-refractivity contribution in [2.75, 3.05) is 11.6 Å². The summed E-state index contributed by atoms with van der Waals surface area (Å²) >= 11 is 0. The molecule has 0 radical (unpaired) electrons. The summed E-state index contributed by atoms with van der Waals surface area (Å²) in [4.78, 5) is 0. The molecule has 1 aromatic rings. The van der Waals surface area contributed by atoms with Crippen molar-refractivity contribution >= 4 is 15.5 Å². The summed E-state index contributed by atoms with van der Waals surface area (Å²) in [5.41, 5.74) is 1.00. The molecular weight excluding hydrogens is 301 g/mol. The maximum atomic E-state index is 14.0. The lowest BCUT2D eigenvalue weighted by Crippen LogP contribution is -2.28. The molecule has 2 aliphatic carbocycles. The van der Waals surface area contributed by atoms with Crippen molar-refractivity contribution in [2.45, 2.75) is 50.3 Å². The fourth-order valence-electron chi connectivity index (χ4n) is 3.63. The van der Waals surface area contributed by atoms with E-state index in [2.05, 4.69) is 5.32 Å². The summed E-state index contributed by atoms with van der Waals surface area (Å²) in [7, 11) is -3.21. The zero-order valence-electron chi connectivity index (χ0n) is 13.0. The SMILES string of the molecule is CS(=O)(=O)Cc1ccc(N[C@@H]2CCC[C@@H](C3CC3)C2)cc1F. The highest BCUT2D eigenvalue weighted by atomic mass is 32.2. The number of halogens is 1. The van der Waals surface area contributed by atoms with Crippen molar-refractivity contribution in [3.05, 3.63) is 29.6 Å². The van der Waals surface area contributed by atoms with Gasteiger partial charge in [0.1, 0.15) is 5.82 Å². The van der Waals surface area contributed by atoms with Crippen LogP contribution in [0.1, 0.15) is 44.1 Å². The summed E-state index contributed by atoms with van der Waals surface area (Å²) in [6, 6.07) is 5.23. The molecule has 2 saturated carbocycles. The Hall–Kier alpha value is -1.10. The molecular formula is C17H24FNO2S. The lowest BCUT2D eigenvalue weighted by Gasteiger charge is -2.30. The molecule has 3 nitrogen and oxygen atoms in total. The molecule has 0 aromatic heterocycles. The van der Waals surface area contributed by atoms with Crippen LogP contribution in [0.3, 0.4) is 0 Å². The first kappa shape index (κ1) is 15.8. The van der Waals surface area contributed by atoms with Crippen LogP contribution in [0.25, 0.3) is 0 Å². The van der Waals surface area contributed by atoms with E-state index < -0.39 is 15.7 Å². The van der Waals surface area contributed by atoms with Gasteiger partial charge < -0.3 is 5.32 Å². The first-order chi connectivity index (χ1) is 10.4. The van der Waals surface area contributed by atoms with Gasteiger partial charge in [0.05, 0.1) is 5.75 Å². The van der Waals surface area contributed by atoms with E-state index in [1.54, 1.807) is 12.1 Å². The van der Waals surface area contributed by atoms with Crippen LogP contribution in [0.5, 0.6) is 0 Å². The second kappa shape index (κ2) is 6.19. The second-order valence-corrected chi connectivity index (χ2v) is 9.12. The molecule has 1 N–H and O–H groups in total. The number of benzene rings is 1. The Bertz CT molecular complexity index is 640. The van der Waals surface area contributed by atoms with Gasteiger partial charge in [0.25, 0.3) is 0 Å². The summed E-state index contributed by atoms with van der Waals surface area (Å²) in [6.07, 6.45) is 8.78. The van der Waals surface area contributed by atoms with Crippen LogP contribution in [0.2, 0.25) is 0 Å². The van der Waals surface area contributed by atoms with Gasteiger partial charge in [-0.25, -0.2) is 12.8 Å². The molecule has 3 rings (SSSR count). The van der Waals surface area contributed by atoms with Crippen molar-refractivity contribution in [1.29, 1.82) is 0 Å². The van der Waals surface area contributed by atoms with Crippen molar-refractivity contribution in [1.82, 2.24) is 0 Å². The van der Waals surface area contributed by atoms with Crippen LogP contribution in [-0.4, -0.2) is 20.7 Å². The van der Waals surface area contributed by atoms with E-state index in [-0.39, 0.29) is 11.3 Å². The maximum absolute atomic E-state index is 14.0. The van der Waals surface area contributed by atoms with Crippen LogP contribution in [0.15, 0.2) is 18.2 Å². The molecule has 5 heteroatoms. The van der Waals surface area contributed by atoms with Gasteiger partial charge in [-0.2, -0.15) is 0 Å². The summed E-state index contributed by atoms with van der Waals surface area (Å²) in [5.74, 6) is 1.08. The number of anilines is 1. The maximum Gasteiger partial charge on any atom is 0.151 e. The molecule has 2 aliphatic rings. The van der Waals surface area contributed by atoms with Gasteiger partial charge in [-0.1, -0.05) is 18.9 Å². The number of hydrogen-bond acceptors (Lipinski definition) is 3. The summed E-state index contributed by atoms with van der Waals surface area (Å²) < 4.78 is 36.6. The van der Waals surface area contributed by atoms with Crippen molar-refractivity contribution in [3.63, 3.8) is 0 Å². The number of hydrogen-bond donors (Lipinski definition) is 1. The van der Waals surface area contributed by atoms with Crippen LogP contribution in [-0.2, 0) is 15.6 Å². The Labute approximate surface area is 132 Å². The Kier molecular flexibility index (Phi) is 4.44. The lowest BCUT2D eigenvalue weighted by atomic mass is 9.82. The molecule has 0 heterocycles. The standard InChI is InChI=1S/C17H24FNO2S/c1-22(20,21)11-14-7-8-16(10-17(14)18)19-15-4-2-3-13(9-15)12-5-6-12/h7-8,10,12-13,15,19H,2-6,9,11H2,1H3/t13-,15-/m1/s1. The minimum atomic E-state index is -3.21. The van der Waals surface area contributed by atoms with E-state index in [9.17, 15) is 12.8 Å². The number of rotatable bonds is 5. The monoisotopic (exact) mass is 325 g/mol. The third-order valence-corrected chi connectivity index (χ3v) is 5.68. The van der Waals surface area contributed by atoms with Crippen LogP contribution < -0.4 is 5.32 Å². The van der Waals surface area contributed by atoms with E-state index in [1.165, 1.54) is 38.2 Å². The van der Waals surface area contributed by atoms with Gasteiger partial charge in [-0.05, 0) is 49.7 Å². The Morgan fingerprint density at radius 3 is 2.59 bits per heavy atom. The Balaban J connectivity index is 1.63. The molecule has 2 atom stereocenters. The van der Waals surface area contributed by atoms with E-state index >= 15 is 0 Å².